The Kier molecular flexibility index (Phi) is 3.72. The van der Waals surface area contributed by atoms with Gasteiger partial charge in [-0.3, -0.25) is 14.7 Å². The van der Waals surface area contributed by atoms with Crippen LogP contribution in [0, 0.1) is 11.8 Å². The summed E-state index contributed by atoms with van der Waals surface area (Å²) in [5.41, 5.74) is 2.80. The van der Waals surface area contributed by atoms with Gasteiger partial charge in [-0.25, -0.2) is 0 Å². The minimum atomic E-state index is -0.201. The third kappa shape index (κ3) is 3.24. The molecule has 1 fully saturated rings. The van der Waals surface area contributed by atoms with Crippen molar-refractivity contribution in [3.05, 3.63) is 54.2 Å². The van der Waals surface area contributed by atoms with Gasteiger partial charge in [0.15, 0.2) is 0 Å². The highest BCUT2D eigenvalue weighted by Gasteiger charge is 2.39. The van der Waals surface area contributed by atoms with Gasteiger partial charge in [0.2, 0.25) is 5.91 Å². The molecule has 2 aromatic carbocycles. The lowest BCUT2D eigenvalue weighted by molar-refractivity contribution is -0.117. The number of carbonyl (C=O) groups excluding carboxylic acids is 2. The second-order valence-corrected chi connectivity index (χ2v) is 6.51. The predicted octanol–water partition coefficient (Wildman–Crippen LogP) is 3.41. The topological polar surface area (TPSA) is 86.9 Å². The van der Waals surface area contributed by atoms with Crippen LogP contribution < -0.4 is 10.6 Å². The quantitative estimate of drug-likeness (QED) is 0.683. The molecule has 1 saturated carbocycles. The first-order valence-corrected chi connectivity index (χ1v) is 8.25. The van der Waals surface area contributed by atoms with E-state index in [1.807, 2.05) is 18.2 Å². The maximum absolute atomic E-state index is 12.4. The summed E-state index contributed by atoms with van der Waals surface area (Å²) >= 11 is 0. The van der Waals surface area contributed by atoms with E-state index in [2.05, 4.69) is 27.8 Å². The molecule has 4 rings (SSSR count). The maximum atomic E-state index is 12.4. The Morgan fingerprint density at radius 3 is 2.52 bits per heavy atom. The molecule has 2 amide bonds. The molecular formula is C19H18N4O2. The van der Waals surface area contributed by atoms with Gasteiger partial charge in [-0.1, -0.05) is 6.92 Å². The minimum Gasteiger partial charge on any atom is -0.326 e. The zero-order chi connectivity index (χ0) is 17.4. The Morgan fingerprint density at radius 2 is 1.80 bits per heavy atom. The molecule has 6 nitrogen and oxygen atoms in total. The molecule has 2 unspecified atom stereocenters. The number of anilines is 2. The zero-order valence-corrected chi connectivity index (χ0v) is 13.7. The molecule has 1 heterocycles. The van der Waals surface area contributed by atoms with Gasteiger partial charge in [0.1, 0.15) is 0 Å². The van der Waals surface area contributed by atoms with Crippen LogP contribution in [0.3, 0.4) is 0 Å². The van der Waals surface area contributed by atoms with E-state index in [-0.39, 0.29) is 17.7 Å². The van der Waals surface area contributed by atoms with Crippen LogP contribution in [0.15, 0.2) is 48.7 Å². The van der Waals surface area contributed by atoms with Crippen molar-refractivity contribution < 1.29 is 9.59 Å². The molecule has 0 saturated heterocycles. The number of hydrogen-bond acceptors (Lipinski definition) is 3. The molecule has 0 bridgehead atoms. The van der Waals surface area contributed by atoms with E-state index in [1.165, 1.54) is 0 Å². The van der Waals surface area contributed by atoms with E-state index in [4.69, 9.17) is 0 Å². The number of rotatable bonds is 4. The van der Waals surface area contributed by atoms with Crippen molar-refractivity contribution in [3.8, 4) is 0 Å². The van der Waals surface area contributed by atoms with Gasteiger partial charge in [-0.05, 0) is 54.8 Å². The summed E-state index contributed by atoms with van der Waals surface area (Å²) < 4.78 is 0. The standard InChI is InChI=1S/C19H18N4O2/c1-11-8-16(11)19(25)21-14-5-2-12(3-6-14)18(24)22-15-7-4-13-10-20-23-17(13)9-15/h2-7,9-11,16H,8H2,1H3,(H,20,23)(H,21,25)(H,22,24). The van der Waals surface area contributed by atoms with Gasteiger partial charge in [-0.15, -0.1) is 0 Å². The fourth-order valence-corrected chi connectivity index (χ4v) is 2.85. The van der Waals surface area contributed by atoms with Crippen LogP contribution in [-0.2, 0) is 4.79 Å². The molecule has 0 aliphatic heterocycles. The molecule has 1 aliphatic rings. The van der Waals surface area contributed by atoms with E-state index in [1.54, 1.807) is 30.5 Å². The predicted molar refractivity (Wildman–Crippen MR) is 96.4 cm³/mol. The second kappa shape index (κ2) is 6.05. The first kappa shape index (κ1) is 15.4. The van der Waals surface area contributed by atoms with Crippen molar-refractivity contribution in [1.29, 1.82) is 0 Å². The monoisotopic (exact) mass is 334 g/mol. The maximum Gasteiger partial charge on any atom is 0.255 e. The number of amides is 2. The van der Waals surface area contributed by atoms with Crippen molar-refractivity contribution in [2.75, 3.05) is 10.6 Å². The minimum absolute atomic E-state index is 0.0533. The summed E-state index contributed by atoms with van der Waals surface area (Å²) in [5.74, 6) is 0.447. The molecule has 25 heavy (non-hydrogen) atoms. The molecule has 6 heteroatoms. The number of benzene rings is 2. The van der Waals surface area contributed by atoms with E-state index >= 15 is 0 Å². The van der Waals surface area contributed by atoms with Crippen LogP contribution in [0.5, 0.6) is 0 Å². The van der Waals surface area contributed by atoms with E-state index in [0.717, 1.165) is 17.3 Å². The van der Waals surface area contributed by atoms with Crippen LogP contribution >= 0.6 is 0 Å². The van der Waals surface area contributed by atoms with Crippen molar-refractivity contribution in [2.45, 2.75) is 13.3 Å². The lowest BCUT2D eigenvalue weighted by atomic mass is 10.1. The third-order valence-electron chi connectivity index (χ3n) is 4.56. The highest BCUT2D eigenvalue weighted by Crippen LogP contribution is 2.38. The number of H-pyrrole nitrogens is 1. The Hall–Kier alpha value is -3.15. The Labute approximate surface area is 144 Å². The first-order valence-electron chi connectivity index (χ1n) is 8.25. The fourth-order valence-electron chi connectivity index (χ4n) is 2.85. The van der Waals surface area contributed by atoms with Crippen LogP contribution in [0.1, 0.15) is 23.7 Å². The molecule has 126 valence electrons. The van der Waals surface area contributed by atoms with Crippen molar-refractivity contribution >= 4 is 34.1 Å². The fraction of sp³-hybridized carbons (Fsp3) is 0.211. The Morgan fingerprint density at radius 1 is 1.08 bits per heavy atom. The average Bonchev–Trinajstić information content (AvgIpc) is 3.16. The molecule has 0 spiro atoms. The van der Waals surface area contributed by atoms with Gasteiger partial charge >= 0.3 is 0 Å². The van der Waals surface area contributed by atoms with E-state index < -0.39 is 0 Å². The van der Waals surface area contributed by atoms with Gasteiger partial charge in [-0.2, -0.15) is 5.10 Å². The number of carbonyl (C=O) groups is 2. The van der Waals surface area contributed by atoms with Gasteiger partial charge in [0.05, 0.1) is 11.7 Å². The van der Waals surface area contributed by atoms with Gasteiger partial charge in [0, 0.05) is 28.2 Å². The van der Waals surface area contributed by atoms with E-state index in [9.17, 15) is 9.59 Å². The second-order valence-electron chi connectivity index (χ2n) is 6.51. The number of aromatic amines is 1. The lowest BCUT2D eigenvalue weighted by Crippen LogP contribution is -2.15. The highest BCUT2D eigenvalue weighted by atomic mass is 16.2. The number of nitrogens with zero attached hydrogens (tertiary/aromatic N) is 1. The number of aromatic nitrogens is 2. The molecule has 3 aromatic rings. The van der Waals surface area contributed by atoms with Crippen molar-refractivity contribution in [2.24, 2.45) is 11.8 Å². The summed E-state index contributed by atoms with van der Waals surface area (Å²) in [7, 11) is 0. The summed E-state index contributed by atoms with van der Waals surface area (Å²) in [6, 6.07) is 12.5. The van der Waals surface area contributed by atoms with Crippen LogP contribution in [0.25, 0.3) is 10.9 Å². The van der Waals surface area contributed by atoms with Gasteiger partial charge < -0.3 is 10.6 Å². The summed E-state index contributed by atoms with van der Waals surface area (Å²) in [6.45, 7) is 2.07. The zero-order valence-electron chi connectivity index (χ0n) is 13.7. The number of nitrogens with one attached hydrogen (secondary N) is 3. The number of hydrogen-bond donors (Lipinski definition) is 3. The smallest absolute Gasteiger partial charge is 0.255 e. The molecule has 1 aromatic heterocycles. The Balaban J connectivity index is 1.42. The summed E-state index contributed by atoms with van der Waals surface area (Å²) in [5, 5.41) is 13.6. The SMILES string of the molecule is CC1CC1C(=O)Nc1ccc(C(=O)Nc2ccc3cn[nH]c3c2)cc1. The highest BCUT2D eigenvalue weighted by molar-refractivity contribution is 6.05. The van der Waals surface area contributed by atoms with Gasteiger partial charge in [0.25, 0.3) is 5.91 Å². The number of fused-ring (bicyclic) bond motifs is 1. The van der Waals surface area contributed by atoms with Crippen LogP contribution in [0.4, 0.5) is 11.4 Å². The van der Waals surface area contributed by atoms with Crippen LogP contribution in [0.2, 0.25) is 0 Å². The van der Waals surface area contributed by atoms with Crippen LogP contribution in [-0.4, -0.2) is 22.0 Å². The van der Waals surface area contributed by atoms with Crippen molar-refractivity contribution in [1.82, 2.24) is 10.2 Å². The third-order valence-corrected chi connectivity index (χ3v) is 4.56. The first-order chi connectivity index (χ1) is 12.1. The molecule has 3 N–H and O–H groups in total. The molecule has 2 atom stereocenters. The average molecular weight is 334 g/mol. The normalized spacial score (nSPS) is 18.8. The summed E-state index contributed by atoms with van der Waals surface area (Å²) in [6.07, 6.45) is 2.68. The summed E-state index contributed by atoms with van der Waals surface area (Å²) in [4.78, 5) is 24.3. The lowest BCUT2D eigenvalue weighted by Gasteiger charge is -2.07. The molecular weight excluding hydrogens is 316 g/mol. The Bertz CT molecular complexity index is 945. The van der Waals surface area contributed by atoms with Crippen molar-refractivity contribution in [3.63, 3.8) is 0 Å². The van der Waals surface area contributed by atoms with E-state index in [0.29, 0.717) is 22.9 Å². The molecule has 0 radical (unpaired) electrons. The largest absolute Gasteiger partial charge is 0.326 e. The molecule has 1 aliphatic carbocycles.